The minimum atomic E-state index is -3.58. The van der Waals surface area contributed by atoms with Gasteiger partial charge in [0.1, 0.15) is 0 Å². The summed E-state index contributed by atoms with van der Waals surface area (Å²) in [4.78, 5) is 12.5. The smallest absolute Gasteiger partial charge is 0.248 e. The van der Waals surface area contributed by atoms with Crippen molar-refractivity contribution in [1.29, 1.82) is 0 Å². The quantitative estimate of drug-likeness (QED) is 0.533. The number of anilines is 1. The van der Waals surface area contributed by atoms with Gasteiger partial charge in [0.2, 0.25) is 21.7 Å². The van der Waals surface area contributed by atoms with Gasteiger partial charge < -0.3 is 19.5 Å². The molecule has 2 N–H and O–H groups in total. The number of rotatable bonds is 9. The van der Waals surface area contributed by atoms with Crippen LogP contribution in [0, 0.1) is 0 Å². The van der Waals surface area contributed by atoms with Gasteiger partial charge in [0, 0.05) is 17.8 Å². The van der Waals surface area contributed by atoms with Crippen LogP contribution in [0.1, 0.15) is 37.7 Å². The van der Waals surface area contributed by atoms with Crippen molar-refractivity contribution in [2.45, 2.75) is 43.0 Å². The Morgan fingerprint density at radius 1 is 0.939 bits per heavy atom. The van der Waals surface area contributed by atoms with Gasteiger partial charge in [-0.2, -0.15) is 0 Å². The summed E-state index contributed by atoms with van der Waals surface area (Å²) in [5.41, 5.74) is 1.18. The van der Waals surface area contributed by atoms with E-state index in [0.29, 0.717) is 28.5 Å². The summed E-state index contributed by atoms with van der Waals surface area (Å²) >= 11 is 0. The maximum Gasteiger partial charge on any atom is 0.248 e. The van der Waals surface area contributed by atoms with Crippen molar-refractivity contribution in [3.05, 3.63) is 48.0 Å². The molecule has 0 spiro atoms. The SMILES string of the molecule is COc1cc(C=CC(=O)Nc2ccc(S(=O)(=O)NC3CCCCC3)cc2)cc(OC)c1OC. The third-order valence-electron chi connectivity index (χ3n) is 5.47. The van der Waals surface area contributed by atoms with Gasteiger partial charge in [-0.1, -0.05) is 19.3 Å². The lowest BCUT2D eigenvalue weighted by Crippen LogP contribution is -2.36. The Morgan fingerprint density at radius 3 is 2.09 bits per heavy atom. The van der Waals surface area contributed by atoms with Crippen molar-refractivity contribution in [3.8, 4) is 17.2 Å². The fraction of sp³-hybridized carbons (Fsp3) is 0.375. The van der Waals surface area contributed by atoms with Crippen LogP contribution in [-0.2, 0) is 14.8 Å². The van der Waals surface area contributed by atoms with Crippen molar-refractivity contribution in [2.75, 3.05) is 26.6 Å². The number of methoxy groups -OCH3 is 3. The van der Waals surface area contributed by atoms with Gasteiger partial charge in [0.15, 0.2) is 11.5 Å². The summed E-state index contributed by atoms with van der Waals surface area (Å²) in [6.07, 6.45) is 7.96. The van der Waals surface area contributed by atoms with Crippen LogP contribution in [0.2, 0.25) is 0 Å². The van der Waals surface area contributed by atoms with Gasteiger partial charge in [-0.3, -0.25) is 4.79 Å². The molecular weight excluding hydrogens is 444 g/mol. The van der Waals surface area contributed by atoms with Gasteiger partial charge in [-0.25, -0.2) is 13.1 Å². The molecular formula is C24H30N2O6S. The molecule has 0 aromatic heterocycles. The Bertz CT molecular complexity index is 1070. The Kier molecular flexibility index (Phi) is 8.35. The lowest BCUT2D eigenvalue weighted by molar-refractivity contribution is -0.111. The summed E-state index contributed by atoms with van der Waals surface area (Å²) < 4.78 is 43.9. The lowest BCUT2D eigenvalue weighted by Gasteiger charge is -2.22. The summed E-state index contributed by atoms with van der Waals surface area (Å²) in [7, 11) is 0.978. The first-order chi connectivity index (χ1) is 15.9. The normalized spacial score (nSPS) is 14.8. The zero-order valence-corrected chi connectivity index (χ0v) is 19.9. The molecule has 178 valence electrons. The molecule has 0 saturated heterocycles. The number of sulfonamides is 1. The molecule has 1 amide bonds. The number of benzene rings is 2. The Balaban J connectivity index is 1.64. The van der Waals surface area contributed by atoms with Gasteiger partial charge in [0.25, 0.3) is 0 Å². The molecule has 1 aliphatic carbocycles. The molecule has 0 heterocycles. The first-order valence-corrected chi connectivity index (χ1v) is 12.3. The van der Waals surface area contributed by atoms with E-state index in [1.807, 2.05) is 0 Å². The Hall–Kier alpha value is -3.04. The molecule has 1 fully saturated rings. The molecule has 0 atom stereocenters. The van der Waals surface area contributed by atoms with Crippen molar-refractivity contribution in [1.82, 2.24) is 4.72 Å². The lowest BCUT2D eigenvalue weighted by atomic mass is 9.96. The second-order valence-corrected chi connectivity index (χ2v) is 9.48. The summed E-state index contributed by atoms with van der Waals surface area (Å²) in [6, 6.07) is 9.56. The maximum atomic E-state index is 12.6. The van der Waals surface area contributed by atoms with Crippen LogP contribution in [0.4, 0.5) is 5.69 Å². The van der Waals surface area contributed by atoms with E-state index in [4.69, 9.17) is 14.2 Å². The van der Waals surface area contributed by atoms with Crippen molar-refractivity contribution in [3.63, 3.8) is 0 Å². The van der Waals surface area contributed by atoms with Crippen LogP contribution in [0.3, 0.4) is 0 Å². The van der Waals surface area contributed by atoms with Crippen LogP contribution in [0.25, 0.3) is 6.08 Å². The molecule has 2 aromatic carbocycles. The molecule has 9 heteroatoms. The number of amides is 1. The van der Waals surface area contributed by atoms with Gasteiger partial charge in [-0.05, 0) is 60.9 Å². The standard InChI is InChI=1S/C24H30N2O6S/c1-30-21-15-17(16-22(31-2)24(21)32-3)9-14-23(27)25-18-10-12-20(13-11-18)33(28,29)26-19-7-5-4-6-8-19/h9-16,19,26H,4-8H2,1-3H3,(H,25,27). The Morgan fingerprint density at radius 2 is 1.55 bits per heavy atom. The molecule has 0 bridgehead atoms. The van der Waals surface area contributed by atoms with Gasteiger partial charge in [0.05, 0.1) is 26.2 Å². The molecule has 0 unspecified atom stereocenters. The highest BCUT2D eigenvalue weighted by atomic mass is 32.2. The Labute approximate surface area is 195 Å². The van der Waals surface area contributed by atoms with Crippen molar-refractivity contribution >= 4 is 27.7 Å². The number of carbonyl (C=O) groups is 1. The van der Waals surface area contributed by atoms with Crippen LogP contribution >= 0.6 is 0 Å². The minimum Gasteiger partial charge on any atom is -0.493 e. The topological polar surface area (TPSA) is 103 Å². The predicted octanol–water partition coefficient (Wildman–Crippen LogP) is 3.98. The molecule has 1 saturated carbocycles. The molecule has 33 heavy (non-hydrogen) atoms. The number of ether oxygens (including phenoxy) is 3. The fourth-order valence-electron chi connectivity index (χ4n) is 3.78. The van der Waals surface area contributed by atoms with Crippen LogP contribution in [0.5, 0.6) is 17.2 Å². The number of carbonyl (C=O) groups excluding carboxylic acids is 1. The van der Waals surface area contributed by atoms with Crippen LogP contribution in [-0.4, -0.2) is 41.7 Å². The number of hydrogen-bond acceptors (Lipinski definition) is 6. The molecule has 8 nitrogen and oxygen atoms in total. The highest BCUT2D eigenvalue weighted by Gasteiger charge is 2.21. The second kappa shape index (κ2) is 11.2. The average molecular weight is 475 g/mol. The monoisotopic (exact) mass is 474 g/mol. The summed E-state index contributed by atoms with van der Waals surface area (Å²) in [5, 5.41) is 2.72. The molecule has 0 aliphatic heterocycles. The predicted molar refractivity (Wildman–Crippen MR) is 127 cm³/mol. The minimum absolute atomic E-state index is 0.0107. The molecule has 0 radical (unpaired) electrons. The zero-order valence-electron chi connectivity index (χ0n) is 19.1. The second-order valence-electron chi connectivity index (χ2n) is 7.76. The number of hydrogen-bond donors (Lipinski definition) is 2. The van der Waals surface area contributed by atoms with Gasteiger partial charge >= 0.3 is 0 Å². The van der Waals surface area contributed by atoms with E-state index in [-0.39, 0.29) is 16.8 Å². The summed E-state index contributed by atoms with van der Waals surface area (Å²) in [5.74, 6) is 1.07. The largest absolute Gasteiger partial charge is 0.493 e. The van der Waals surface area contributed by atoms with E-state index in [9.17, 15) is 13.2 Å². The van der Waals surface area contributed by atoms with E-state index >= 15 is 0 Å². The average Bonchev–Trinajstić information content (AvgIpc) is 2.82. The fourth-order valence-corrected chi connectivity index (χ4v) is 5.08. The zero-order chi connectivity index (χ0) is 23.8. The molecule has 1 aliphatic rings. The van der Waals surface area contributed by atoms with Crippen molar-refractivity contribution < 1.29 is 27.4 Å². The van der Waals surface area contributed by atoms with E-state index in [1.54, 1.807) is 30.3 Å². The third-order valence-corrected chi connectivity index (χ3v) is 7.01. The maximum absolute atomic E-state index is 12.6. The summed E-state index contributed by atoms with van der Waals surface area (Å²) in [6.45, 7) is 0. The third kappa shape index (κ3) is 6.49. The van der Waals surface area contributed by atoms with E-state index in [1.165, 1.54) is 39.5 Å². The van der Waals surface area contributed by atoms with E-state index < -0.39 is 10.0 Å². The van der Waals surface area contributed by atoms with E-state index in [2.05, 4.69) is 10.0 Å². The first kappa shape index (κ1) is 24.6. The highest BCUT2D eigenvalue weighted by molar-refractivity contribution is 7.89. The van der Waals surface area contributed by atoms with Crippen LogP contribution in [0.15, 0.2) is 47.4 Å². The molecule has 3 rings (SSSR count). The number of nitrogens with one attached hydrogen (secondary N) is 2. The molecule has 2 aromatic rings. The first-order valence-electron chi connectivity index (χ1n) is 10.8. The van der Waals surface area contributed by atoms with E-state index in [0.717, 1.165) is 32.1 Å². The van der Waals surface area contributed by atoms with Gasteiger partial charge in [-0.15, -0.1) is 0 Å². The van der Waals surface area contributed by atoms with Crippen molar-refractivity contribution in [2.24, 2.45) is 0 Å². The highest BCUT2D eigenvalue weighted by Crippen LogP contribution is 2.38. The van der Waals surface area contributed by atoms with Crippen LogP contribution < -0.4 is 24.2 Å².